The van der Waals surface area contributed by atoms with E-state index in [0.717, 1.165) is 86.4 Å². The van der Waals surface area contributed by atoms with Gasteiger partial charge in [-0.05, 0) is 104 Å². The number of aliphatic hydroxyl groups is 2. The summed E-state index contributed by atoms with van der Waals surface area (Å²) in [7, 11) is 0. The van der Waals surface area contributed by atoms with E-state index in [-0.39, 0.29) is 89.8 Å². The Hall–Kier alpha value is -8.63. The molecule has 3 aromatic heterocycles. The number of hydrogen-bond donors (Lipinski definition) is 7. The number of nitrogens with one attached hydrogen (secondary N) is 5. The predicted octanol–water partition coefficient (Wildman–Crippen LogP) is 8.49. The van der Waals surface area contributed by atoms with Crippen molar-refractivity contribution in [3.8, 4) is 50.4 Å². The van der Waals surface area contributed by atoms with Crippen molar-refractivity contribution in [2.24, 2.45) is 5.41 Å². The second-order valence-corrected chi connectivity index (χ2v) is 27.0. The van der Waals surface area contributed by atoms with Gasteiger partial charge in [0, 0.05) is 74.7 Å². The molecule has 4 aromatic carbocycles. The average Bonchev–Trinajstić information content (AvgIpc) is 1.58. The number of ether oxygens (including phenoxy) is 4. The summed E-state index contributed by atoms with van der Waals surface area (Å²) in [4.78, 5) is 77.6. The van der Waals surface area contributed by atoms with Gasteiger partial charge in [0.1, 0.15) is 29.0 Å². The summed E-state index contributed by atoms with van der Waals surface area (Å²) < 4.78 is 41.9. The summed E-state index contributed by atoms with van der Waals surface area (Å²) in [6, 6.07) is 32.2. The number of benzene rings is 4. The Kier molecular flexibility index (Phi) is 24.6. The zero-order valence-corrected chi connectivity index (χ0v) is 56.5. The van der Waals surface area contributed by atoms with Gasteiger partial charge >= 0.3 is 0 Å². The molecule has 23 heteroatoms. The number of hydrogen-bond acceptors (Lipinski definition) is 15. The molecular formula is C74H89FN10O11S. The number of alkyl halides is 1. The summed E-state index contributed by atoms with van der Waals surface area (Å²) in [6.45, 7) is 9.55. The zero-order chi connectivity index (χ0) is 68.5. The smallest absolute Gasteiger partial charge is 0.258 e. The van der Waals surface area contributed by atoms with Gasteiger partial charge in [-0.1, -0.05) is 118 Å². The van der Waals surface area contributed by atoms with E-state index in [1.165, 1.54) is 16.2 Å². The second-order valence-electron chi connectivity index (χ2n) is 26.2. The van der Waals surface area contributed by atoms with Gasteiger partial charge < -0.3 is 64.5 Å². The SMILES string of the molecule is Cc1ncsc1-c1ccc(CNC(=O)[C@@H]2C[C@@H](O)CN2C(=O)[C@@H](NC(=O)C2(F)CC2)C(C)(C)C)c(OCC(=O)NCCOCCOCCOCCC(=O)NCCCCC#Cc2cccc(Cn3c(-c4ccccc4)c(-c4ccccc4)c4c(=N)n(C5CCC(O)CC5)cnc43)c2)c1. The lowest BCUT2D eigenvalue weighted by Crippen LogP contribution is -2.59. The van der Waals surface area contributed by atoms with Gasteiger partial charge in [-0.25, -0.2) is 14.4 Å². The summed E-state index contributed by atoms with van der Waals surface area (Å²) >= 11 is 1.45. The molecule has 0 bridgehead atoms. The predicted molar refractivity (Wildman–Crippen MR) is 368 cm³/mol. The van der Waals surface area contributed by atoms with Gasteiger partial charge in [-0.2, -0.15) is 0 Å². The van der Waals surface area contributed by atoms with E-state index in [4.69, 9.17) is 23.9 Å². The number of nitrogens with zero attached hydrogens (tertiary/aromatic N) is 5. The van der Waals surface area contributed by atoms with E-state index < -0.39 is 52.9 Å². The minimum absolute atomic E-state index is 0.0325. The van der Waals surface area contributed by atoms with Crippen molar-refractivity contribution in [3.63, 3.8) is 0 Å². The van der Waals surface area contributed by atoms with Crippen LogP contribution in [0.4, 0.5) is 4.39 Å². The maximum absolute atomic E-state index is 14.7. The Bertz CT molecular complexity index is 3980. The first-order chi connectivity index (χ1) is 46.8. The molecule has 21 nitrogen and oxygen atoms in total. The van der Waals surface area contributed by atoms with Crippen LogP contribution in [0.2, 0.25) is 0 Å². The third kappa shape index (κ3) is 18.9. The minimum Gasteiger partial charge on any atom is -0.483 e. The Morgan fingerprint density at radius 1 is 0.784 bits per heavy atom. The molecular weight excluding hydrogens is 1260 g/mol. The zero-order valence-electron chi connectivity index (χ0n) is 55.7. The molecule has 3 atom stereocenters. The highest BCUT2D eigenvalue weighted by atomic mass is 32.1. The number of amides is 5. The molecule has 7 N–H and O–H groups in total. The highest BCUT2D eigenvalue weighted by Gasteiger charge is 2.53. The van der Waals surface area contributed by atoms with Crippen LogP contribution in [0.25, 0.3) is 43.9 Å². The molecule has 0 unspecified atom stereocenters. The van der Waals surface area contributed by atoms with Crippen molar-refractivity contribution in [2.45, 2.75) is 147 Å². The van der Waals surface area contributed by atoms with Crippen LogP contribution in [0.1, 0.15) is 120 Å². The third-order valence-corrected chi connectivity index (χ3v) is 18.8. The fourth-order valence-corrected chi connectivity index (χ4v) is 13.1. The van der Waals surface area contributed by atoms with Crippen molar-refractivity contribution in [2.75, 3.05) is 65.9 Å². The lowest BCUT2D eigenvalue weighted by Gasteiger charge is -2.35. The van der Waals surface area contributed by atoms with E-state index in [0.29, 0.717) is 69.0 Å². The molecule has 2 saturated carbocycles. The number of aliphatic hydroxyl groups excluding tert-OH is 2. The lowest BCUT2D eigenvalue weighted by atomic mass is 9.85. The minimum atomic E-state index is -2.00. The molecule has 7 aromatic rings. The number of likely N-dealkylation sites (tertiary alicyclic amines) is 1. The van der Waals surface area contributed by atoms with Gasteiger partial charge in [0.15, 0.2) is 12.3 Å². The fraction of sp³-hybridized carbons (Fsp3) is 0.459. The maximum atomic E-state index is 14.7. The number of rotatable bonds is 31. The largest absolute Gasteiger partial charge is 0.483 e. The fourth-order valence-electron chi connectivity index (χ4n) is 12.3. The number of thiazole rings is 1. The normalized spacial score (nSPS) is 17.6. The van der Waals surface area contributed by atoms with Crippen LogP contribution < -0.4 is 31.5 Å². The molecule has 1 aliphatic heterocycles. The second kappa shape index (κ2) is 33.6. The first-order valence-electron chi connectivity index (χ1n) is 33.6. The van der Waals surface area contributed by atoms with E-state index >= 15 is 0 Å². The van der Waals surface area contributed by atoms with E-state index in [2.05, 4.69) is 79.1 Å². The Balaban J connectivity index is 0.595. The topological polar surface area (TPSA) is 274 Å². The van der Waals surface area contributed by atoms with Gasteiger partial charge in [0.2, 0.25) is 17.7 Å². The third-order valence-electron chi connectivity index (χ3n) is 17.8. The first kappa shape index (κ1) is 71.2. The molecule has 2 aliphatic carbocycles. The van der Waals surface area contributed by atoms with Crippen LogP contribution in [-0.4, -0.2) is 160 Å². The molecule has 3 fully saturated rings. The highest BCUT2D eigenvalue weighted by molar-refractivity contribution is 7.13. The quantitative estimate of drug-likeness (QED) is 0.0159. The average molecular weight is 1350 g/mol. The Morgan fingerprint density at radius 2 is 1.48 bits per heavy atom. The van der Waals surface area contributed by atoms with Crippen LogP contribution >= 0.6 is 11.3 Å². The molecule has 514 valence electrons. The molecule has 0 radical (unpaired) electrons. The van der Waals surface area contributed by atoms with Crippen LogP contribution in [-0.2, 0) is 51.3 Å². The van der Waals surface area contributed by atoms with Gasteiger partial charge in [0.25, 0.3) is 11.8 Å². The molecule has 10 rings (SSSR count). The summed E-state index contributed by atoms with van der Waals surface area (Å²) in [5, 5.41) is 42.6. The Morgan fingerprint density at radius 3 is 2.19 bits per heavy atom. The summed E-state index contributed by atoms with van der Waals surface area (Å²) in [6.07, 6.45) is 6.18. The number of halogens is 1. The lowest BCUT2D eigenvalue weighted by molar-refractivity contribution is -0.145. The molecule has 1 saturated heterocycles. The number of β-amino-alcohol motifs (C(OH)–C–C–N with tert-alkyl or cyclic N) is 1. The van der Waals surface area contributed by atoms with Crippen molar-refractivity contribution in [3.05, 3.63) is 143 Å². The summed E-state index contributed by atoms with van der Waals surface area (Å²) in [5.74, 6) is 4.54. The number of carbonyl (C=O) groups excluding carboxylic acids is 5. The van der Waals surface area contributed by atoms with Crippen molar-refractivity contribution in [1.82, 2.24) is 45.3 Å². The molecule has 4 heterocycles. The van der Waals surface area contributed by atoms with E-state index in [9.17, 15) is 44.0 Å². The van der Waals surface area contributed by atoms with E-state index in [1.54, 1.807) is 38.4 Å². The van der Waals surface area contributed by atoms with Crippen LogP contribution in [0.3, 0.4) is 0 Å². The van der Waals surface area contributed by atoms with E-state index in [1.807, 2.05) is 72.4 Å². The molecule has 0 spiro atoms. The molecule has 5 amide bonds. The number of unbranched alkanes of at least 4 members (excludes halogenated alkanes) is 2. The van der Waals surface area contributed by atoms with Gasteiger partial charge in [-0.15, -0.1) is 11.3 Å². The van der Waals surface area contributed by atoms with Crippen LogP contribution in [0, 0.1) is 29.6 Å². The standard InChI is InChI=1S/C74H89FN10O11S/c1-49-66(97-48-81-49)54-23-24-55(43-79-70(90)59-42-58(87)45-83(59)71(91)67(73(2,3)4)82-72(92)74(75)30-31-74)60(41-54)96-46-62(89)78-33-35-94-37-39-95-38-36-93-34-29-61(88)77-32-14-6-5-9-16-50-17-15-18-51(40-50)44-84-65(53-21-12-8-13-22-53)63(52-19-10-7-11-20-52)64-68(76)85(47-80-69(64)84)56-25-27-57(86)28-26-56/h7-8,10-13,15,17-24,40-41,47-48,56-59,67,76,86-87H,5-6,14,25-39,42-46H2,1-4H3,(H,77,88)(H,78,89)(H,79,90)(H,82,92)/t56?,57?,58-,59+,67-/m1/s1. The number of fused-ring (bicyclic) bond motifs is 1. The van der Waals surface area contributed by atoms with Crippen molar-refractivity contribution in [1.29, 1.82) is 5.41 Å². The van der Waals surface area contributed by atoms with Crippen LogP contribution in [0.5, 0.6) is 5.75 Å². The monoisotopic (exact) mass is 1340 g/mol. The number of aryl methyl sites for hydroxylation is 1. The molecule has 97 heavy (non-hydrogen) atoms. The van der Waals surface area contributed by atoms with Crippen molar-refractivity contribution >= 4 is 51.9 Å². The molecule has 3 aliphatic rings. The Labute approximate surface area is 569 Å². The van der Waals surface area contributed by atoms with Gasteiger partial charge in [0.05, 0.1) is 85.3 Å². The van der Waals surface area contributed by atoms with Crippen LogP contribution in [0.15, 0.2) is 115 Å². The number of aromatic nitrogens is 4. The number of carbonyl (C=O) groups is 5. The van der Waals surface area contributed by atoms with Gasteiger partial charge in [-0.3, -0.25) is 29.4 Å². The highest BCUT2D eigenvalue weighted by Crippen LogP contribution is 2.42. The summed E-state index contributed by atoms with van der Waals surface area (Å²) in [5.41, 5.74) is 8.22. The first-order valence-corrected chi connectivity index (χ1v) is 34.5. The maximum Gasteiger partial charge on any atom is 0.258 e. The van der Waals surface area contributed by atoms with Crippen molar-refractivity contribution < 1.29 is 57.5 Å².